The molecule has 33 heavy (non-hydrogen) atoms. The molecule has 2 heterocycles. The lowest BCUT2D eigenvalue weighted by atomic mass is 10.1. The Morgan fingerprint density at radius 1 is 1.15 bits per heavy atom. The van der Waals surface area contributed by atoms with E-state index in [1.54, 1.807) is 10.7 Å². The van der Waals surface area contributed by atoms with Crippen LogP contribution >= 0.6 is 24.0 Å². The summed E-state index contributed by atoms with van der Waals surface area (Å²) in [5.74, 6) is 1.36. The number of halogens is 3. The lowest BCUT2D eigenvalue weighted by Gasteiger charge is -2.13. The van der Waals surface area contributed by atoms with E-state index < -0.39 is 6.61 Å². The Balaban J connectivity index is 0.00000306. The van der Waals surface area contributed by atoms with Crippen LogP contribution in [0, 0.1) is 0 Å². The number of hydrogen-bond donors (Lipinski definition) is 2. The molecule has 8 nitrogen and oxygen atoms in total. The van der Waals surface area contributed by atoms with Crippen molar-refractivity contribution < 1.29 is 23.0 Å². The third kappa shape index (κ3) is 6.46. The van der Waals surface area contributed by atoms with Gasteiger partial charge in [-0.1, -0.05) is 18.2 Å². The van der Waals surface area contributed by atoms with Gasteiger partial charge in [-0.25, -0.2) is 9.67 Å². The summed E-state index contributed by atoms with van der Waals surface area (Å²) in [5, 5.41) is 10.9. The number of para-hydroxylation sites is 1. The Morgan fingerprint density at radius 2 is 1.91 bits per heavy atom. The van der Waals surface area contributed by atoms with Gasteiger partial charge >= 0.3 is 6.61 Å². The minimum absolute atomic E-state index is 0. The third-order valence-corrected chi connectivity index (χ3v) is 4.63. The number of alkyl halides is 2. The highest BCUT2D eigenvalue weighted by Gasteiger charge is 2.20. The summed E-state index contributed by atoms with van der Waals surface area (Å²) >= 11 is 0. The van der Waals surface area contributed by atoms with Crippen LogP contribution in [0.15, 0.2) is 59.7 Å². The largest absolute Gasteiger partial charge is 0.454 e. The van der Waals surface area contributed by atoms with Crippen LogP contribution in [0.5, 0.6) is 17.2 Å². The predicted molar refractivity (Wildman–Crippen MR) is 130 cm³/mol. The van der Waals surface area contributed by atoms with E-state index in [-0.39, 0.29) is 43.1 Å². The van der Waals surface area contributed by atoms with Crippen molar-refractivity contribution in [1.82, 2.24) is 20.4 Å². The maximum atomic E-state index is 12.8. The Hall–Kier alpha value is -3.09. The zero-order valence-electron chi connectivity index (χ0n) is 17.8. The molecule has 1 aliphatic rings. The number of aromatic nitrogens is 2. The Morgan fingerprint density at radius 3 is 2.64 bits per heavy atom. The highest BCUT2D eigenvalue weighted by atomic mass is 127. The zero-order chi connectivity index (χ0) is 22.3. The van der Waals surface area contributed by atoms with Crippen molar-refractivity contribution in [3.05, 3.63) is 66.0 Å². The molecule has 0 fully saturated rings. The van der Waals surface area contributed by atoms with E-state index in [1.807, 2.05) is 49.5 Å². The SMILES string of the molecule is CCNC(=NCc1cc2c(cc1OC(F)F)OCO2)NCc1ccn(-c2ccccc2)n1.I. The number of benzene rings is 2. The summed E-state index contributed by atoms with van der Waals surface area (Å²) < 4.78 is 42.7. The second kappa shape index (κ2) is 11.7. The Labute approximate surface area is 207 Å². The van der Waals surface area contributed by atoms with Crippen molar-refractivity contribution in [3.8, 4) is 22.9 Å². The molecule has 0 bridgehead atoms. The standard InChI is InChI=1S/C22H23F2N5O3.HI/c1-2-25-22(27-13-16-8-9-29(28-16)17-6-4-3-5-7-17)26-12-15-10-19-20(31-14-30-19)11-18(15)32-21(23)24;/h3-11,21H,2,12-14H2,1H3,(H2,25,26,27);1H. The van der Waals surface area contributed by atoms with E-state index in [0.29, 0.717) is 36.1 Å². The molecule has 2 aromatic carbocycles. The quantitative estimate of drug-likeness (QED) is 0.241. The molecular weight excluding hydrogens is 547 g/mol. The van der Waals surface area contributed by atoms with E-state index in [4.69, 9.17) is 9.47 Å². The van der Waals surface area contributed by atoms with Gasteiger partial charge in [0.2, 0.25) is 6.79 Å². The van der Waals surface area contributed by atoms with Gasteiger partial charge in [0.1, 0.15) is 5.75 Å². The predicted octanol–water partition coefficient (Wildman–Crippen LogP) is 4.08. The average Bonchev–Trinajstić information content (AvgIpc) is 3.45. The second-order valence-corrected chi connectivity index (χ2v) is 6.83. The monoisotopic (exact) mass is 571 g/mol. The first-order valence-corrected chi connectivity index (χ1v) is 10.1. The average molecular weight is 571 g/mol. The molecule has 0 unspecified atom stereocenters. The summed E-state index contributed by atoms with van der Waals surface area (Å²) in [4.78, 5) is 4.50. The van der Waals surface area contributed by atoms with E-state index in [1.165, 1.54) is 6.07 Å². The van der Waals surface area contributed by atoms with Crippen LogP contribution in [0.4, 0.5) is 8.78 Å². The van der Waals surface area contributed by atoms with Crippen LogP contribution < -0.4 is 24.8 Å². The first-order valence-electron chi connectivity index (χ1n) is 10.1. The highest BCUT2D eigenvalue weighted by Crippen LogP contribution is 2.39. The summed E-state index contributed by atoms with van der Waals surface area (Å²) in [6, 6.07) is 14.7. The van der Waals surface area contributed by atoms with Gasteiger partial charge in [0.05, 0.1) is 24.5 Å². The van der Waals surface area contributed by atoms with Gasteiger partial charge in [-0.2, -0.15) is 13.9 Å². The van der Waals surface area contributed by atoms with Crippen molar-refractivity contribution in [2.75, 3.05) is 13.3 Å². The summed E-state index contributed by atoms with van der Waals surface area (Å²) in [6.45, 7) is 0.193. The molecule has 176 valence electrons. The van der Waals surface area contributed by atoms with Crippen LogP contribution in [0.1, 0.15) is 18.2 Å². The van der Waals surface area contributed by atoms with Crippen LogP contribution in [-0.2, 0) is 13.1 Å². The topological polar surface area (TPSA) is 81.9 Å². The Kier molecular flexibility index (Phi) is 8.69. The number of rotatable bonds is 8. The van der Waals surface area contributed by atoms with Gasteiger partial charge in [-0.15, -0.1) is 24.0 Å². The minimum Gasteiger partial charge on any atom is -0.454 e. The number of guanidine groups is 1. The first-order chi connectivity index (χ1) is 15.6. The highest BCUT2D eigenvalue weighted by molar-refractivity contribution is 14.0. The lowest BCUT2D eigenvalue weighted by molar-refractivity contribution is -0.0505. The molecule has 0 amide bonds. The Bertz CT molecular complexity index is 1080. The number of hydrogen-bond acceptors (Lipinski definition) is 5. The number of nitrogens with one attached hydrogen (secondary N) is 2. The summed E-state index contributed by atoms with van der Waals surface area (Å²) in [6.07, 6.45) is 1.89. The van der Waals surface area contributed by atoms with Crippen LogP contribution in [0.25, 0.3) is 5.69 Å². The summed E-state index contributed by atoms with van der Waals surface area (Å²) in [7, 11) is 0. The van der Waals surface area contributed by atoms with Crippen LogP contribution in [0.3, 0.4) is 0 Å². The van der Waals surface area contributed by atoms with Crippen molar-refractivity contribution >= 4 is 29.9 Å². The molecule has 1 aliphatic heterocycles. The second-order valence-electron chi connectivity index (χ2n) is 6.83. The first kappa shape index (κ1) is 24.6. The van der Waals surface area contributed by atoms with Crippen LogP contribution in [0.2, 0.25) is 0 Å². The lowest BCUT2D eigenvalue weighted by Crippen LogP contribution is -2.36. The molecular formula is C22H24F2IN5O3. The molecule has 0 saturated heterocycles. The fourth-order valence-electron chi connectivity index (χ4n) is 3.16. The normalized spacial score (nSPS) is 12.4. The van der Waals surface area contributed by atoms with Gasteiger partial charge in [0.25, 0.3) is 0 Å². The van der Waals surface area contributed by atoms with Crippen molar-refractivity contribution in [1.29, 1.82) is 0 Å². The van der Waals surface area contributed by atoms with E-state index >= 15 is 0 Å². The molecule has 0 saturated carbocycles. The number of fused-ring (bicyclic) bond motifs is 1. The van der Waals surface area contributed by atoms with E-state index in [9.17, 15) is 8.78 Å². The molecule has 0 aliphatic carbocycles. The molecule has 2 N–H and O–H groups in total. The molecule has 11 heteroatoms. The summed E-state index contributed by atoms with van der Waals surface area (Å²) in [5.41, 5.74) is 2.25. The maximum absolute atomic E-state index is 12.8. The van der Waals surface area contributed by atoms with E-state index in [0.717, 1.165) is 11.4 Å². The van der Waals surface area contributed by atoms with Gasteiger partial charge in [0, 0.05) is 24.4 Å². The molecule has 0 atom stereocenters. The fraction of sp³-hybridized carbons (Fsp3) is 0.273. The van der Waals surface area contributed by atoms with Crippen molar-refractivity contribution in [2.45, 2.75) is 26.6 Å². The van der Waals surface area contributed by atoms with Gasteiger partial charge in [-0.05, 0) is 31.2 Å². The van der Waals surface area contributed by atoms with Gasteiger partial charge in [-0.3, -0.25) is 0 Å². The van der Waals surface area contributed by atoms with Gasteiger partial charge in [0.15, 0.2) is 17.5 Å². The molecule has 3 aromatic rings. The minimum atomic E-state index is -2.95. The number of ether oxygens (including phenoxy) is 3. The molecule has 0 radical (unpaired) electrons. The molecule has 0 spiro atoms. The number of aliphatic imine (C=N–C) groups is 1. The molecule has 1 aromatic heterocycles. The number of nitrogens with zero attached hydrogens (tertiary/aromatic N) is 3. The molecule has 4 rings (SSSR count). The van der Waals surface area contributed by atoms with Crippen molar-refractivity contribution in [2.24, 2.45) is 4.99 Å². The van der Waals surface area contributed by atoms with E-state index in [2.05, 4.69) is 25.5 Å². The third-order valence-electron chi connectivity index (χ3n) is 4.63. The fourth-order valence-corrected chi connectivity index (χ4v) is 3.16. The maximum Gasteiger partial charge on any atom is 0.387 e. The zero-order valence-corrected chi connectivity index (χ0v) is 20.2. The van der Waals surface area contributed by atoms with Crippen LogP contribution in [-0.4, -0.2) is 35.7 Å². The van der Waals surface area contributed by atoms with Gasteiger partial charge < -0.3 is 24.8 Å². The smallest absolute Gasteiger partial charge is 0.387 e. The van der Waals surface area contributed by atoms with Crippen molar-refractivity contribution in [3.63, 3.8) is 0 Å².